The minimum Gasteiger partial charge on any atom is -0.332 e. The highest BCUT2D eigenvalue weighted by Gasteiger charge is 2.27. The molecular weight excluding hydrogens is 374 g/mol. The van der Waals surface area contributed by atoms with Gasteiger partial charge in [0.05, 0.1) is 22.6 Å². The first-order chi connectivity index (χ1) is 12.7. The second-order valence-corrected chi connectivity index (χ2v) is 7.75. The fraction of sp³-hybridized carbons (Fsp3) is 0.263. The molecule has 0 aliphatic heterocycles. The van der Waals surface area contributed by atoms with Gasteiger partial charge in [-0.25, -0.2) is 8.42 Å². The Labute approximate surface area is 156 Å². The third-order valence-corrected chi connectivity index (χ3v) is 5.65. The van der Waals surface area contributed by atoms with Crippen molar-refractivity contribution in [1.29, 1.82) is 5.26 Å². The number of alkyl halides is 2. The summed E-state index contributed by atoms with van der Waals surface area (Å²) in [6.45, 7) is 4.02. The Morgan fingerprint density at radius 1 is 1.11 bits per heavy atom. The van der Waals surface area contributed by atoms with Gasteiger partial charge < -0.3 is 4.90 Å². The van der Waals surface area contributed by atoms with Crippen LogP contribution in [0.25, 0.3) is 0 Å². The fourth-order valence-corrected chi connectivity index (χ4v) is 3.39. The Bertz CT molecular complexity index is 950. The summed E-state index contributed by atoms with van der Waals surface area (Å²) in [5, 5.41) is 8.87. The number of nitrogens with zero attached hydrogens (tertiary/aromatic N) is 2. The van der Waals surface area contributed by atoms with E-state index in [2.05, 4.69) is 0 Å². The lowest BCUT2D eigenvalue weighted by Gasteiger charge is -2.28. The predicted molar refractivity (Wildman–Crippen MR) is 95.9 cm³/mol. The van der Waals surface area contributed by atoms with Crippen LogP contribution in [0, 0.1) is 11.3 Å². The van der Waals surface area contributed by atoms with E-state index in [1.54, 1.807) is 36.1 Å². The molecule has 0 saturated carbocycles. The predicted octanol–water partition coefficient (Wildman–Crippen LogP) is 3.78. The summed E-state index contributed by atoms with van der Waals surface area (Å²) in [5.74, 6) is -3.86. The molecule has 1 unspecified atom stereocenters. The number of carbonyl (C=O) groups is 1. The summed E-state index contributed by atoms with van der Waals surface area (Å²) in [7, 11) is -4.70. The SMILES string of the molecule is CCN(C(=O)c1ccc(S(=O)(=O)C(F)F)cc1)C(C)c1ccc(C#N)cc1. The molecule has 0 bridgehead atoms. The maximum absolute atomic E-state index is 12.8. The van der Waals surface area contributed by atoms with Crippen LogP contribution in [0.2, 0.25) is 0 Å². The first-order valence-electron chi connectivity index (χ1n) is 8.15. The zero-order valence-electron chi connectivity index (χ0n) is 14.8. The summed E-state index contributed by atoms with van der Waals surface area (Å²) in [6.07, 6.45) is 0. The average molecular weight is 392 g/mol. The molecular formula is C19H18F2N2O3S. The maximum atomic E-state index is 12.8. The highest BCUT2D eigenvalue weighted by molar-refractivity contribution is 7.91. The number of hydrogen-bond donors (Lipinski definition) is 0. The van der Waals surface area contributed by atoms with Gasteiger partial charge in [0, 0.05) is 12.1 Å². The molecule has 2 aromatic rings. The Morgan fingerprint density at radius 3 is 2.11 bits per heavy atom. The third-order valence-electron chi connectivity index (χ3n) is 4.26. The molecule has 27 heavy (non-hydrogen) atoms. The Hall–Kier alpha value is -2.79. The number of amides is 1. The van der Waals surface area contributed by atoms with E-state index in [0.717, 1.165) is 17.7 Å². The van der Waals surface area contributed by atoms with Crippen molar-refractivity contribution in [2.75, 3.05) is 6.54 Å². The van der Waals surface area contributed by atoms with Crippen molar-refractivity contribution in [3.63, 3.8) is 0 Å². The van der Waals surface area contributed by atoms with Gasteiger partial charge in [-0.05, 0) is 55.8 Å². The van der Waals surface area contributed by atoms with E-state index in [4.69, 9.17) is 5.26 Å². The zero-order chi connectivity index (χ0) is 20.2. The van der Waals surface area contributed by atoms with Crippen LogP contribution in [0.1, 0.15) is 41.4 Å². The van der Waals surface area contributed by atoms with Crippen LogP contribution in [0.5, 0.6) is 0 Å². The number of carbonyl (C=O) groups excluding carboxylic acids is 1. The van der Waals surface area contributed by atoms with Crippen LogP contribution < -0.4 is 0 Å². The fourth-order valence-electron chi connectivity index (χ4n) is 2.67. The van der Waals surface area contributed by atoms with Gasteiger partial charge in [-0.15, -0.1) is 0 Å². The smallest absolute Gasteiger partial charge is 0.332 e. The minimum absolute atomic E-state index is 0.200. The Kier molecular flexibility index (Phi) is 6.28. The lowest BCUT2D eigenvalue weighted by molar-refractivity contribution is 0.0702. The average Bonchev–Trinajstić information content (AvgIpc) is 2.68. The normalized spacial score (nSPS) is 12.4. The van der Waals surface area contributed by atoms with Crippen molar-refractivity contribution in [1.82, 2.24) is 4.90 Å². The summed E-state index contributed by atoms with van der Waals surface area (Å²) < 4.78 is 48.2. The van der Waals surface area contributed by atoms with Crippen LogP contribution in [-0.2, 0) is 9.84 Å². The quantitative estimate of drug-likeness (QED) is 0.750. The van der Waals surface area contributed by atoms with Gasteiger partial charge in [0.25, 0.3) is 5.91 Å². The molecule has 0 fully saturated rings. The lowest BCUT2D eigenvalue weighted by atomic mass is 10.0. The van der Waals surface area contributed by atoms with Gasteiger partial charge in [-0.1, -0.05) is 12.1 Å². The molecule has 2 aromatic carbocycles. The van der Waals surface area contributed by atoms with Gasteiger partial charge in [0.15, 0.2) is 0 Å². The van der Waals surface area contributed by atoms with Crippen LogP contribution in [-0.4, -0.2) is 31.5 Å². The van der Waals surface area contributed by atoms with Crippen molar-refractivity contribution in [2.24, 2.45) is 0 Å². The van der Waals surface area contributed by atoms with E-state index in [9.17, 15) is 22.0 Å². The van der Waals surface area contributed by atoms with Crippen LogP contribution >= 0.6 is 0 Å². The van der Waals surface area contributed by atoms with Gasteiger partial charge in [-0.3, -0.25) is 4.79 Å². The monoisotopic (exact) mass is 392 g/mol. The zero-order valence-corrected chi connectivity index (χ0v) is 15.6. The number of sulfone groups is 1. The topological polar surface area (TPSA) is 78.2 Å². The molecule has 0 aliphatic carbocycles. The van der Waals surface area contributed by atoms with E-state index in [1.165, 1.54) is 12.1 Å². The number of hydrogen-bond acceptors (Lipinski definition) is 4. The number of nitriles is 1. The Morgan fingerprint density at radius 2 is 1.67 bits per heavy atom. The van der Waals surface area contributed by atoms with E-state index < -0.39 is 20.5 Å². The summed E-state index contributed by atoms with van der Waals surface area (Å²) in [6, 6.07) is 13.1. The largest absolute Gasteiger partial charge is 0.341 e. The number of benzene rings is 2. The van der Waals surface area contributed by atoms with Crippen molar-refractivity contribution in [3.8, 4) is 6.07 Å². The lowest BCUT2D eigenvalue weighted by Crippen LogP contribution is -2.33. The summed E-state index contributed by atoms with van der Waals surface area (Å²) in [4.78, 5) is 13.8. The van der Waals surface area contributed by atoms with Crippen molar-refractivity contribution in [3.05, 3.63) is 65.2 Å². The van der Waals surface area contributed by atoms with Crippen LogP contribution in [0.15, 0.2) is 53.4 Å². The molecule has 8 heteroatoms. The van der Waals surface area contributed by atoms with E-state index in [1.807, 2.05) is 13.0 Å². The van der Waals surface area contributed by atoms with Crippen molar-refractivity contribution in [2.45, 2.75) is 30.5 Å². The molecule has 142 valence electrons. The first kappa shape index (κ1) is 20.5. The molecule has 1 atom stereocenters. The van der Waals surface area contributed by atoms with Crippen molar-refractivity contribution < 1.29 is 22.0 Å². The second-order valence-electron chi connectivity index (χ2n) is 5.83. The highest BCUT2D eigenvalue weighted by Crippen LogP contribution is 2.24. The standard InChI is InChI=1S/C19H18F2N2O3S/c1-3-23(13(2)15-6-4-14(12-22)5-7-15)18(24)16-8-10-17(11-9-16)27(25,26)19(20)21/h4-11,13,19H,3H2,1-2H3. The van der Waals surface area contributed by atoms with E-state index in [-0.39, 0.29) is 17.5 Å². The van der Waals surface area contributed by atoms with Crippen LogP contribution in [0.4, 0.5) is 8.78 Å². The molecule has 0 radical (unpaired) electrons. The second kappa shape index (κ2) is 8.27. The molecule has 0 N–H and O–H groups in total. The molecule has 0 saturated heterocycles. The summed E-state index contributed by atoms with van der Waals surface area (Å²) >= 11 is 0. The number of rotatable bonds is 6. The summed E-state index contributed by atoms with van der Waals surface area (Å²) in [5.41, 5.74) is 1.54. The first-order valence-corrected chi connectivity index (χ1v) is 9.70. The minimum atomic E-state index is -4.70. The van der Waals surface area contributed by atoms with Crippen LogP contribution in [0.3, 0.4) is 0 Å². The molecule has 0 heterocycles. The highest BCUT2D eigenvalue weighted by atomic mass is 32.2. The molecule has 2 rings (SSSR count). The van der Waals surface area contributed by atoms with Gasteiger partial charge in [0.1, 0.15) is 0 Å². The van der Waals surface area contributed by atoms with Gasteiger partial charge >= 0.3 is 5.76 Å². The van der Waals surface area contributed by atoms with Gasteiger partial charge in [-0.2, -0.15) is 14.0 Å². The molecule has 1 amide bonds. The maximum Gasteiger partial charge on any atom is 0.341 e. The van der Waals surface area contributed by atoms with Crippen molar-refractivity contribution >= 4 is 15.7 Å². The molecule has 0 aliphatic rings. The Balaban J connectivity index is 2.27. The van der Waals surface area contributed by atoms with Gasteiger partial charge in [0.2, 0.25) is 9.84 Å². The third kappa shape index (κ3) is 4.31. The molecule has 0 spiro atoms. The number of halogens is 2. The van der Waals surface area contributed by atoms with E-state index in [0.29, 0.717) is 12.1 Å². The molecule has 5 nitrogen and oxygen atoms in total. The molecule has 0 aromatic heterocycles. The van der Waals surface area contributed by atoms with E-state index >= 15 is 0 Å².